The Morgan fingerprint density at radius 3 is 1.71 bits per heavy atom. The number of rotatable bonds is 5. The summed E-state index contributed by atoms with van der Waals surface area (Å²) >= 11 is 0. The van der Waals surface area contributed by atoms with Crippen LogP contribution in [0.15, 0.2) is 60.7 Å². The maximum absolute atomic E-state index is 9.92. The van der Waals surface area contributed by atoms with Gasteiger partial charge in [-0.2, -0.15) is 0 Å². The number of hydrogen-bond donors (Lipinski definition) is 1. The van der Waals surface area contributed by atoms with Crippen LogP contribution < -0.4 is 8.85 Å². The van der Waals surface area contributed by atoms with E-state index in [9.17, 15) is 5.11 Å². The molecule has 3 aromatic carbocycles. The van der Waals surface area contributed by atoms with E-state index in [1.54, 1.807) is 12.1 Å². The van der Waals surface area contributed by atoms with Crippen molar-refractivity contribution in [3.63, 3.8) is 0 Å². The average molecular weight is 585 g/mol. The minimum atomic E-state index is -1.97. The summed E-state index contributed by atoms with van der Waals surface area (Å²) in [6.07, 6.45) is 5.37. The Labute approximate surface area is 249 Å². The van der Waals surface area contributed by atoms with E-state index in [1.165, 1.54) is 27.8 Å². The van der Waals surface area contributed by atoms with Gasteiger partial charge in [-0.3, -0.25) is 0 Å². The second-order valence-electron chi connectivity index (χ2n) is 15.4. The standard InChI is InChI=1S/C36H48O3Si2/c1-34(2,3)40(7,8)38-30-17-13-26-22-36(24-28(26)20-30)23-27-14-18-31(39-41(9,10)35(4,5)6)21-32(27)33(36)19-25-11-15-29(37)16-12-25/h11-21,37H,22-24H2,1-10H3. The largest absolute Gasteiger partial charge is 0.543 e. The van der Waals surface area contributed by atoms with Crippen LogP contribution in [0.5, 0.6) is 17.2 Å². The molecule has 0 fully saturated rings. The monoisotopic (exact) mass is 584 g/mol. The first-order valence-electron chi connectivity index (χ1n) is 15.0. The fourth-order valence-electron chi connectivity index (χ4n) is 5.74. The van der Waals surface area contributed by atoms with Gasteiger partial charge in [0.2, 0.25) is 16.6 Å². The molecule has 1 spiro atoms. The molecule has 0 amide bonds. The lowest BCUT2D eigenvalue weighted by molar-refractivity contribution is 0.442. The smallest absolute Gasteiger partial charge is 0.250 e. The molecule has 0 saturated heterocycles. The number of aromatic hydroxyl groups is 1. The second kappa shape index (κ2) is 9.91. The molecule has 218 valence electrons. The van der Waals surface area contributed by atoms with Crippen molar-refractivity contribution in [1.82, 2.24) is 0 Å². The third kappa shape index (κ3) is 5.68. The van der Waals surface area contributed by atoms with Gasteiger partial charge in [0.05, 0.1) is 0 Å². The van der Waals surface area contributed by atoms with Crippen LogP contribution in [0.4, 0.5) is 0 Å². The van der Waals surface area contributed by atoms with Gasteiger partial charge in [0, 0.05) is 5.41 Å². The highest BCUT2D eigenvalue weighted by Crippen LogP contribution is 2.56. The molecule has 3 aromatic rings. The average Bonchev–Trinajstić information content (AvgIpc) is 3.34. The van der Waals surface area contributed by atoms with Crippen LogP contribution in [0.3, 0.4) is 0 Å². The number of fused-ring (bicyclic) bond motifs is 2. The molecule has 2 aliphatic carbocycles. The number of phenolic OH excluding ortho intramolecular Hbond substituents is 1. The fraction of sp³-hybridized carbons (Fsp3) is 0.444. The summed E-state index contributed by atoms with van der Waals surface area (Å²) in [4.78, 5) is 0. The van der Waals surface area contributed by atoms with Gasteiger partial charge in [0.25, 0.3) is 0 Å². The lowest BCUT2D eigenvalue weighted by Crippen LogP contribution is -2.43. The van der Waals surface area contributed by atoms with E-state index in [0.29, 0.717) is 5.75 Å². The summed E-state index contributed by atoms with van der Waals surface area (Å²) < 4.78 is 13.5. The van der Waals surface area contributed by atoms with Crippen molar-refractivity contribution >= 4 is 28.3 Å². The van der Waals surface area contributed by atoms with Crippen molar-refractivity contribution in [2.45, 2.75) is 97.1 Å². The van der Waals surface area contributed by atoms with Crippen molar-refractivity contribution in [3.8, 4) is 17.2 Å². The van der Waals surface area contributed by atoms with Gasteiger partial charge in [-0.25, -0.2) is 0 Å². The van der Waals surface area contributed by atoms with Gasteiger partial charge in [-0.05, 0) is 125 Å². The molecule has 0 aliphatic heterocycles. The molecular weight excluding hydrogens is 537 g/mol. The molecule has 0 aromatic heterocycles. The molecule has 3 nitrogen and oxygen atoms in total. The Kier molecular flexibility index (Phi) is 7.18. The third-order valence-electron chi connectivity index (χ3n) is 10.3. The summed E-state index contributed by atoms with van der Waals surface area (Å²) in [6.45, 7) is 23.0. The van der Waals surface area contributed by atoms with E-state index in [4.69, 9.17) is 8.85 Å². The minimum Gasteiger partial charge on any atom is -0.543 e. The zero-order chi connectivity index (χ0) is 30.0. The van der Waals surface area contributed by atoms with Crippen molar-refractivity contribution in [2.24, 2.45) is 5.41 Å². The molecule has 1 unspecified atom stereocenters. The molecule has 5 heteroatoms. The van der Waals surface area contributed by atoms with E-state index >= 15 is 0 Å². The summed E-state index contributed by atoms with van der Waals surface area (Å²) in [5.74, 6) is 2.28. The van der Waals surface area contributed by atoms with Gasteiger partial charge in [0.1, 0.15) is 17.2 Å². The number of phenols is 1. The van der Waals surface area contributed by atoms with Gasteiger partial charge in [-0.15, -0.1) is 0 Å². The Bertz CT molecular complexity index is 1480. The number of hydrogen-bond acceptors (Lipinski definition) is 3. The van der Waals surface area contributed by atoms with Crippen LogP contribution in [-0.2, 0) is 19.3 Å². The van der Waals surface area contributed by atoms with Crippen LogP contribution >= 0.6 is 0 Å². The SMILES string of the molecule is CC(C)(C)[Si](C)(C)Oc1ccc2c(c1)CC1(C2)Cc2ccc(O[Si](C)(C)C(C)(C)C)cc2C1=Cc1ccc(O)cc1. The van der Waals surface area contributed by atoms with E-state index < -0.39 is 16.6 Å². The van der Waals surface area contributed by atoms with Crippen LogP contribution in [0.2, 0.25) is 36.3 Å². The lowest BCUT2D eigenvalue weighted by Gasteiger charge is -2.36. The van der Waals surface area contributed by atoms with Crippen LogP contribution in [0.1, 0.15) is 69.4 Å². The van der Waals surface area contributed by atoms with Crippen LogP contribution in [-0.4, -0.2) is 21.7 Å². The molecule has 2 aliphatic rings. The van der Waals surface area contributed by atoms with Crippen molar-refractivity contribution in [3.05, 3.63) is 88.5 Å². The van der Waals surface area contributed by atoms with Gasteiger partial charge < -0.3 is 14.0 Å². The Balaban J connectivity index is 1.54. The van der Waals surface area contributed by atoms with E-state index in [2.05, 4.69) is 110 Å². The van der Waals surface area contributed by atoms with Gasteiger partial charge in [0.15, 0.2) is 0 Å². The maximum Gasteiger partial charge on any atom is 0.250 e. The first kappa shape index (κ1) is 29.7. The molecule has 41 heavy (non-hydrogen) atoms. The molecule has 1 atom stereocenters. The molecule has 5 rings (SSSR count). The third-order valence-corrected chi connectivity index (χ3v) is 19.0. The highest BCUT2D eigenvalue weighted by Gasteiger charge is 2.47. The summed E-state index contributed by atoms with van der Waals surface area (Å²) in [5.41, 5.74) is 8.01. The Hall–Kier alpha value is -2.77. The first-order chi connectivity index (χ1) is 18.9. The second-order valence-corrected chi connectivity index (χ2v) is 24.9. The highest BCUT2D eigenvalue weighted by atomic mass is 28.4. The number of benzene rings is 3. The fourth-order valence-corrected chi connectivity index (χ4v) is 7.79. The lowest BCUT2D eigenvalue weighted by atomic mass is 9.77. The zero-order valence-electron chi connectivity index (χ0n) is 26.7. The maximum atomic E-state index is 9.92. The van der Waals surface area contributed by atoms with E-state index in [-0.39, 0.29) is 15.5 Å². The quantitative estimate of drug-likeness (QED) is 0.303. The highest BCUT2D eigenvalue weighted by molar-refractivity contribution is 6.75. The predicted octanol–water partition coefficient (Wildman–Crippen LogP) is 10.0. The topological polar surface area (TPSA) is 38.7 Å². The van der Waals surface area contributed by atoms with Crippen molar-refractivity contribution in [2.75, 3.05) is 0 Å². The van der Waals surface area contributed by atoms with E-state index in [0.717, 1.165) is 36.3 Å². The van der Waals surface area contributed by atoms with Crippen molar-refractivity contribution < 1.29 is 14.0 Å². The zero-order valence-corrected chi connectivity index (χ0v) is 28.7. The van der Waals surface area contributed by atoms with E-state index in [1.807, 2.05) is 12.1 Å². The van der Waals surface area contributed by atoms with Gasteiger partial charge in [-0.1, -0.05) is 71.9 Å². The summed E-state index contributed by atoms with van der Waals surface area (Å²) in [5, 5.41) is 10.2. The molecule has 0 heterocycles. The van der Waals surface area contributed by atoms with Gasteiger partial charge >= 0.3 is 0 Å². The van der Waals surface area contributed by atoms with Crippen LogP contribution in [0, 0.1) is 5.41 Å². The molecule has 0 saturated carbocycles. The summed E-state index contributed by atoms with van der Waals surface area (Å²) in [7, 11) is -3.89. The predicted molar refractivity (Wildman–Crippen MR) is 178 cm³/mol. The molecule has 1 N–H and O–H groups in total. The number of allylic oxidation sites excluding steroid dienone is 1. The summed E-state index contributed by atoms with van der Waals surface area (Å²) in [6, 6.07) is 21.2. The van der Waals surface area contributed by atoms with Crippen LogP contribution in [0.25, 0.3) is 11.6 Å². The molecule has 0 bridgehead atoms. The van der Waals surface area contributed by atoms with Crippen molar-refractivity contribution in [1.29, 1.82) is 0 Å². The molecular formula is C36H48O3Si2. The normalized spacial score (nSPS) is 19.9. The Morgan fingerprint density at radius 1 is 0.659 bits per heavy atom. The first-order valence-corrected chi connectivity index (χ1v) is 20.9. The minimum absolute atomic E-state index is 0.00620. The Morgan fingerprint density at radius 2 is 1.15 bits per heavy atom. The molecule has 0 radical (unpaired) electrons.